The molecule has 1 heterocycles. The fourth-order valence-electron chi connectivity index (χ4n) is 4.29. The molecule has 0 bridgehead atoms. The average molecular weight is 308 g/mol. The van der Waals surface area contributed by atoms with Gasteiger partial charge in [0.25, 0.3) is 0 Å². The Kier molecular flexibility index (Phi) is 3.55. The third kappa shape index (κ3) is 2.32. The quantitative estimate of drug-likeness (QED) is 0.887. The molecule has 118 valence electrons. The molecule has 2 aromatic carbocycles. The molecule has 1 saturated carbocycles. The van der Waals surface area contributed by atoms with Gasteiger partial charge in [0, 0.05) is 18.1 Å². The lowest BCUT2D eigenvalue weighted by atomic mass is 9.76. The van der Waals surface area contributed by atoms with Crippen molar-refractivity contribution in [2.75, 3.05) is 13.2 Å². The largest absolute Gasteiger partial charge is 0.384 e. The minimum atomic E-state index is -1.10. The van der Waals surface area contributed by atoms with E-state index < -0.39 is 11.5 Å². The van der Waals surface area contributed by atoms with Gasteiger partial charge in [0.1, 0.15) is 5.60 Å². The lowest BCUT2D eigenvalue weighted by molar-refractivity contribution is -0.0171. The number of aliphatic hydroxyl groups is 1. The van der Waals surface area contributed by atoms with Crippen LogP contribution in [-0.4, -0.2) is 24.1 Å². The molecule has 0 amide bonds. The van der Waals surface area contributed by atoms with E-state index in [2.05, 4.69) is 0 Å². The highest BCUT2D eigenvalue weighted by atomic mass is 16.5. The normalized spacial score (nSPS) is 32.7. The van der Waals surface area contributed by atoms with Crippen LogP contribution in [0.2, 0.25) is 0 Å². The summed E-state index contributed by atoms with van der Waals surface area (Å²) in [6.45, 7) is 1.20. The first kappa shape index (κ1) is 14.6. The first-order chi connectivity index (χ1) is 11.2. The minimum Gasteiger partial charge on any atom is -0.384 e. The molecule has 2 aliphatic rings. The van der Waals surface area contributed by atoms with E-state index in [9.17, 15) is 9.90 Å². The van der Waals surface area contributed by atoms with Crippen molar-refractivity contribution in [3.05, 3.63) is 71.8 Å². The number of hydrogen-bond acceptors (Lipinski definition) is 3. The Labute approximate surface area is 135 Å². The number of fused-ring (bicyclic) bond motifs is 1. The van der Waals surface area contributed by atoms with Gasteiger partial charge in [-0.05, 0) is 17.9 Å². The predicted molar refractivity (Wildman–Crippen MR) is 87.0 cm³/mol. The zero-order valence-electron chi connectivity index (χ0n) is 12.9. The molecule has 0 aromatic heterocycles. The Balaban J connectivity index is 1.78. The number of benzene rings is 2. The molecule has 0 spiro atoms. The fourth-order valence-corrected chi connectivity index (χ4v) is 4.29. The smallest absolute Gasteiger partial charge is 0.169 e. The third-order valence-electron chi connectivity index (χ3n) is 5.38. The lowest BCUT2D eigenvalue weighted by Gasteiger charge is -2.32. The Morgan fingerprint density at radius 2 is 1.65 bits per heavy atom. The second kappa shape index (κ2) is 5.59. The standard InChI is InChI=1S/C20H20O3/c21-19(14-7-3-1-4-8-14)18-17-13-23-12-15(17)11-20(18,22)16-9-5-2-6-10-16/h1-10,15,17-18,22H,11-13H2/t15?,17?,18-,20+/m1/s1. The molecule has 1 aliphatic heterocycles. The first-order valence-corrected chi connectivity index (χ1v) is 8.15. The van der Waals surface area contributed by atoms with Gasteiger partial charge in [-0.2, -0.15) is 0 Å². The Morgan fingerprint density at radius 3 is 2.35 bits per heavy atom. The summed E-state index contributed by atoms with van der Waals surface area (Å²) in [5.41, 5.74) is 0.399. The fraction of sp³-hybridized carbons (Fsp3) is 0.350. The predicted octanol–water partition coefficient (Wildman–Crippen LogP) is 3.04. The molecule has 2 aromatic rings. The number of rotatable bonds is 3. The van der Waals surface area contributed by atoms with Crippen molar-refractivity contribution in [2.24, 2.45) is 17.8 Å². The van der Waals surface area contributed by atoms with Crippen molar-refractivity contribution in [1.29, 1.82) is 0 Å². The van der Waals surface area contributed by atoms with Gasteiger partial charge in [0.2, 0.25) is 0 Å². The maximum atomic E-state index is 13.2. The Bertz CT molecular complexity index is 697. The van der Waals surface area contributed by atoms with E-state index in [1.807, 2.05) is 60.7 Å². The van der Waals surface area contributed by atoms with E-state index >= 15 is 0 Å². The van der Waals surface area contributed by atoms with Gasteiger partial charge in [-0.15, -0.1) is 0 Å². The number of ether oxygens (including phenoxy) is 1. The van der Waals surface area contributed by atoms with Gasteiger partial charge in [0.05, 0.1) is 12.5 Å². The van der Waals surface area contributed by atoms with Crippen LogP contribution in [0.4, 0.5) is 0 Å². The van der Waals surface area contributed by atoms with Gasteiger partial charge in [0.15, 0.2) is 5.78 Å². The minimum absolute atomic E-state index is 0.0231. The SMILES string of the molecule is O=C(c1ccccc1)[C@H]1C2COCC2C[C@]1(O)c1ccccc1. The summed E-state index contributed by atoms with van der Waals surface area (Å²) in [6, 6.07) is 18.9. The van der Waals surface area contributed by atoms with Crippen LogP contribution in [0.5, 0.6) is 0 Å². The number of carbonyl (C=O) groups is 1. The molecule has 1 N–H and O–H groups in total. The summed E-state index contributed by atoms with van der Waals surface area (Å²) < 4.78 is 5.59. The van der Waals surface area contributed by atoms with E-state index in [1.54, 1.807) is 0 Å². The molecule has 2 fully saturated rings. The van der Waals surface area contributed by atoms with Crippen molar-refractivity contribution < 1.29 is 14.6 Å². The number of carbonyl (C=O) groups excluding carboxylic acids is 1. The molecule has 1 saturated heterocycles. The van der Waals surface area contributed by atoms with Crippen LogP contribution in [0.15, 0.2) is 60.7 Å². The molecule has 3 nitrogen and oxygen atoms in total. The summed E-state index contributed by atoms with van der Waals surface area (Å²) in [4.78, 5) is 13.2. The van der Waals surface area contributed by atoms with Crippen molar-refractivity contribution in [1.82, 2.24) is 0 Å². The monoisotopic (exact) mass is 308 g/mol. The van der Waals surface area contributed by atoms with Crippen LogP contribution in [-0.2, 0) is 10.3 Å². The summed E-state index contributed by atoms with van der Waals surface area (Å²) >= 11 is 0. The molecule has 4 rings (SSSR count). The highest BCUT2D eigenvalue weighted by molar-refractivity contribution is 5.99. The van der Waals surface area contributed by atoms with Gasteiger partial charge in [-0.3, -0.25) is 4.79 Å². The van der Waals surface area contributed by atoms with Gasteiger partial charge >= 0.3 is 0 Å². The maximum absolute atomic E-state index is 13.2. The van der Waals surface area contributed by atoms with E-state index in [1.165, 1.54) is 0 Å². The van der Waals surface area contributed by atoms with Crippen LogP contribution in [0, 0.1) is 17.8 Å². The van der Waals surface area contributed by atoms with E-state index in [4.69, 9.17) is 4.74 Å². The van der Waals surface area contributed by atoms with Gasteiger partial charge in [-0.1, -0.05) is 60.7 Å². The van der Waals surface area contributed by atoms with Gasteiger partial charge in [-0.25, -0.2) is 0 Å². The van der Waals surface area contributed by atoms with Crippen LogP contribution >= 0.6 is 0 Å². The highest BCUT2D eigenvalue weighted by Gasteiger charge is 2.58. The molecular weight excluding hydrogens is 288 g/mol. The van der Waals surface area contributed by atoms with E-state index in [-0.39, 0.29) is 17.6 Å². The summed E-state index contributed by atoms with van der Waals surface area (Å²) in [5.74, 6) is -0.0828. The number of hydrogen-bond donors (Lipinski definition) is 1. The molecule has 2 unspecified atom stereocenters. The summed E-state index contributed by atoms with van der Waals surface area (Å²) in [5, 5.41) is 11.5. The van der Waals surface area contributed by atoms with E-state index in [0.717, 1.165) is 5.56 Å². The summed E-state index contributed by atoms with van der Waals surface area (Å²) in [6.07, 6.45) is 0.588. The molecule has 0 radical (unpaired) electrons. The summed E-state index contributed by atoms with van der Waals surface area (Å²) in [7, 11) is 0. The second-order valence-corrected chi connectivity index (χ2v) is 6.66. The Morgan fingerprint density at radius 1 is 1.00 bits per heavy atom. The Hall–Kier alpha value is -1.97. The molecule has 23 heavy (non-hydrogen) atoms. The van der Waals surface area contributed by atoms with Crippen molar-refractivity contribution in [2.45, 2.75) is 12.0 Å². The van der Waals surface area contributed by atoms with Crippen LogP contribution in [0.1, 0.15) is 22.3 Å². The van der Waals surface area contributed by atoms with Crippen LogP contribution in [0.3, 0.4) is 0 Å². The number of ketones is 1. The highest BCUT2D eigenvalue weighted by Crippen LogP contribution is 2.53. The lowest BCUT2D eigenvalue weighted by Crippen LogP contribution is -2.39. The second-order valence-electron chi connectivity index (χ2n) is 6.66. The first-order valence-electron chi connectivity index (χ1n) is 8.15. The third-order valence-corrected chi connectivity index (χ3v) is 5.38. The number of Topliss-reactive ketones (excluding diaryl/α,β-unsaturated/α-hetero) is 1. The van der Waals surface area contributed by atoms with Crippen LogP contribution < -0.4 is 0 Å². The zero-order chi connectivity index (χ0) is 15.9. The molecule has 1 aliphatic carbocycles. The van der Waals surface area contributed by atoms with Crippen molar-refractivity contribution in [3.63, 3.8) is 0 Å². The topological polar surface area (TPSA) is 46.5 Å². The van der Waals surface area contributed by atoms with Crippen molar-refractivity contribution >= 4 is 5.78 Å². The van der Waals surface area contributed by atoms with Crippen LogP contribution in [0.25, 0.3) is 0 Å². The average Bonchev–Trinajstić information content (AvgIpc) is 3.14. The molecule has 3 heteroatoms. The van der Waals surface area contributed by atoms with Crippen molar-refractivity contribution in [3.8, 4) is 0 Å². The van der Waals surface area contributed by atoms with E-state index in [0.29, 0.717) is 25.2 Å². The van der Waals surface area contributed by atoms with Gasteiger partial charge < -0.3 is 9.84 Å². The maximum Gasteiger partial charge on any atom is 0.169 e. The molecular formula is C20H20O3. The molecule has 4 atom stereocenters. The zero-order valence-corrected chi connectivity index (χ0v) is 12.9.